The summed E-state index contributed by atoms with van der Waals surface area (Å²) in [7, 11) is 0. The molecule has 2 rings (SSSR count). The van der Waals surface area contributed by atoms with Gasteiger partial charge in [-0.3, -0.25) is 4.79 Å². The van der Waals surface area contributed by atoms with E-state index in [0.29, 0.717) is 22.4 Å². The molecule has 1 aromatic carbocycles. The Hall–Kier alpha value is -2.89. The van der Waals surface area contributed by atoms with Crippen molar-refractivity contribution in [1.82, 2.24) is 4.98 Å². The fourth-order valence-electron chi connectivity index (χ4n) is 3.01. The quantitative estimate of drug-likeness (QED) is 0.617. The van der Waals surface area contributed by atoms with Crippen LogP contribution in [0.2, 0.25) is 0 Å². The lowest BCUT2D eigenvalue weighted by atomic mass is 9.98. The number of ether oxygens (including phenoxy) is 2. The van der Waals surface area contributed by atoms with Gasteiger partial charge in [0, 0.05) is 11.3 Å². The number of H-pyrrole nitrogens is 1. The van der Waals surface area contributed by atoms with Crippen LogP contribution in [0.5, 0.6) is 0 Å². The maximum absolute atomic E-state index is 12.5. The van der Waals surface area contributed by atoms with Crippen LogP contribution < -0.4 is 0 Å². The van der Waals surface area contributed by atoms with E-state index in [1.807, 2.05) is 32.9 Å². The number of aromatic amines is 1. The summed E-state index contributed by atoms with van der Waals surface area (Å²) in [5.41, 5.74) is 4.93. The first-order chi connectivity index (χ1) is 12.7. The van der Waals surface area contributed by atoms with Gasteiger partial charge in [-0.25, -0.2) is 9.59 Å². The van der Waals surface area contributed by atoms with Crippen molar-refractivity contribution in [3.8, 4) is 0 Å². The number of ketones is 1. The van der Waals surface area contributed by atoms with Crippen molar-refractivity contribution in [2.45, 2.75) is 41.5 Å². The lowest BCUT2D eigenvalue weighted by Crippen LogP contribution is -2.16. The van der Waals surface area contributed by atoms with Crippen LogP contribution in [-0.4, -0.2) is 35.9 Å². The number of rotatable bonds is 6. The van der Waals surface area contributed by atoms with Crippen LogP contribution in [-0.2, 0) is 9.47 Å². The number of benzene rings is 1. The predicted molar refractivity (Wildman–Crippen MR) is 101 cm³/mol. The van der Waals surface area contributed by atoms with Crippen molar-refractivity contribution in [1.29, 1.82) is 0 Å². The van der Waals surface area contributed by atoms with Crippen LogP contribution in [0.3, 0.4) is 0 Å². The number of hydrogen-bond acceptors (Lipinski definition) is 5. The SMILES string of the molecule is CCOC(=O)c1c(C)[nH]c(C(=O)OCC(=O)c2cc(C)c(C)cc2C)c1C. The van der Waals surface area contributed by atoms with E-state index in [1.54, 1.807) is 20.8 Å². The molecule has 6 nitrogen and oxygen atoms in total. The Morgan fingerprint density at radius 1 is 0.889 bits per heavy atom. The van der Waals surface area contributed by atoms with Crippen LogP contribution in [0, 0.1) is 34.6 Å². The summed E-state index contributed by atoms with van der Waals surface area (Å²) < 4.78 is 10.2. The molecular formula is C21H25NO5. The molecule has 0 spiro atoms. The number of nitrogens with one attached hydrogen (secondary N) is 1. The van der Waals surface area contributed by atoms with E-state index in [4.69, 9.17) is 9.47 Å². The first-order valence-corrected chi connectivity index (χ1v) is 8.81. The number of aryl methyl sites for hydroxylation is 4. The molecule has 1 heterocycles. The van der Waals surface area contributed by atoms with Crippen molar-refractivity contribution in [2.24, 2.45) is 0 Å². The molecule has 0 aliphatic heterocycles. The average molecular weight is 371 g/mol. The van der Waals surface area contributed by atoms with Gasteiger partial charge in [-0.2, -0.15) is 0 Å². The minimum absolute atomic E-state index is 0.153. The molecule has 0 aliphatic carbocycles. The zero-order valence-electron chi connectivity index (χ0n) is 16.6. The van der Waals surface area contributed by atoms with Gasteiger partial charge >= 0.3 is 11.9 Å². The second kappa shape index (κ2) is 8.20. The summed E-state index contributed by atoms with van der Waals surface area (Å²) in [6, 6.07) is 3.75. The van der Waals surface area contributed by atoms with Gasteiger partial charge in [-0.05, 0) is 69.9 Å². The smallest absolute Gasteiger partial charge is 0.355 e. The highest BCUT2D eigenvalue weighted by Crippen LogP contribution is 2.20. The van der Waals surface area contributed by atoms with Crippen LogP contribution in [0.4, 0.5) is 0 Å². The van der Waals surface area contributed by atoms with E-state index in [9.17, 15) is 14.4 Å². The third-order valence-electron chi connectivity index (χ3n) is 4.60. The average Bonchev–Trinajstić information content (AvgIpc) is 2.90. The Kier molecular flexibility index (Phi) is 6.20. The number of hydrogen-bond donors (Lipinski definition) is 1. The van der Waals surface area contributed by atoms with E-state index in [1.165, 1.54) is 0 Å². The fourth-order valence-corrected chi connectivity index (χ4v) is 3.01. The Morgan fingerprint density at radius 3 is 2.15 bits per heavy atom. The molecule has 1 aromatic heterocycles. The second-order valence-electron chi connectivity index (χ2n) is 6.60. The molecule has 0 aliphatic rings. The molecule has 0 bridgehead atoms. The van der Waals surface area contributed by atoms with Crippen molar-refractivity contribution >= 4 is 17.7 Å². The summed E-state index contributed by atoms with van der Waals surface area (Å²) >= 11 is 0. The molecule has 2 aromatic rings. The standard InChI is InChI=1S/C21H25NO5/c1-7-26-20(24)18-14(5)19(22-15(18)6)21(25)27-10-17(23)16-9-12(3)11(2)8-13(16)4/h8-9,22H,7,10H2,1-6H3. The van der Waals surface area contributed by atoms with Crippen LogP contribution in [0.15, 0.2) is 12.1 Å². The van der Waals surface area contributed by atoms with Crippen molar-refractivity contribution in [3.05, 3.63) is 56.9 Å². The Balaban J connectivity index is 2.15. The predicted octanol–water partition coefficient (Wildman–Crippen LogP) is 3.77. The molecular weight excluding hydrogens is 346 g/mol. The van der Waals surface area contributed by atoms with Crippen molar-refractivity contribution in [3.63, 3.8) is 0 Å². The van der Waals surface area contributed by atoms with E-state index in [2.05, 4.69) is 4.98 Å². The van der Waals surface area contributed by atoms with Gasteiger partial charge < -0.3 is 14.5 Å². The van der Waals surface area contributed by atoms with Gasteiger partial charge in [-0.15, -0.1) is 0 Å². The molecule has 0 atom stereocenters. The normalized spacial score (nSPS) is 10.6. The van der Waals surface area contributed by atoms with Gasteiger partial charge in [0.1, 0.15) is 5.69 Å². The zero-order valence-corrected chi connectivity index (χ0v) is 16.6. The number of carbonyl (C=O) groups excluding carboxylic acids is 3. The van der Waals surface area contributed by atoms with E-state index in [0.717, 1.165) is 16.7 Å². The van der Waals surface area contributed by atoms with Gasteiger partial charge in [0.05, 0.1) is 12.2 Å². The number of esters is 2. The maximum Gasteiger partial charge on any atom is 0.355 e. The number of carbonyl (C=O) groups is 3. The molecule has 0 saturated carbocycles. The van der Waals surface area contributed by atoms with Crippen LogP contribution >= 0.6 is 0 Å². The number of aromatic nitrogens is 1. The summed E-state index contributed by atoms with van der Waals surface area (Å²) in [6.45, 7) is 10.7. The fraction of sp³-hybridized carbons (Fsp3) is 0.381. The van der Waals surface area contributed by atoms with Gasteiger partial charge in [-0.1, -0.05) is 6.07 Å². The highest BCUT2D eigenvalue weighted by Gasteiger charge is 2.24. The Labute approximate surface area is 158 Å². The lowest BCUT2D eigenvalue weighted by Gasteiger charge is -2.09. The Morgan fingerprint density at radius 2 is 1.52 bits per heavy atom. The van der Waals surface area contributed by atoms with E-state index in [-0.39, 0.29) is 24.7 Å². The van der Waals surface area contributed by atoms with E-state index >= 15 is 0 Å². The van der Waals surface area contributed by atoms with Gasteiger partial charge in [0.25, 0.3) is 0 Å². The minimum Gasteiger partial charge on any atom is -0.462 e. The van der Waals surface area contributed by atoms with Crippen molar-refractivity contribution in [2.75, 3.05) is 13.2 Å². The summed E-state index contributed by atoms with van der Waals surface area (Å²) in [4.78, 5) is 39.7. The zero-order chi connectivity index (χ0) is 20.3. The molecule has 0 radical (unpaired) electrons. The molecule has 6 heteroatoms. The molecule has 0 saturated heterocycles. The second-order valence-corrected chi connectivity index (χ2v) is 6.60. The highest BCUT2D eigenvalue weighted by atomic mass is 16.5. The number of Topliss-reactive ketones (excluding diaryl/α,β-unsaturated/α-hetero) is 1. The molecule has 144 valence electrons. The summed E-state index contributed by atoms with van der Waals surface area (Å²) in [5, 5.41) is 0. The molecule has 0 fully saturated rings. The monoisotopic (exact) mass is 371 g/mol. The van der Waals surface area contributed by atoms with Gasteiger partial charge in [0.2, 0.25) is 5.78 Å². The molecule has 1 N–H and O–H groups in total. The van der Waals surface area contributed by atoms with Crippen molar-refractivity contribution < 1.29 is 23.9 Å². The minimum atomic E-state index is -0.680. The molecule has 0 unspecified atom stereocenters. The summed E-state index contributed by atoms with van der Waals surface area (Å²) in [6.07, 6.45) is 0. The van der Waals surface area contributed by atoms with Gasteiger partial charge in [0.15, 0.2) is 6.61 Å². The largest absolute Gasteiger partial charge is 0.462 e. The van der Waals surface area contributed by atoms with E-state index < -0.39 is 11.9 Å². The molecule has 0 amide bonds. The maximum atomic E-state index is 12.5. The molecule has 27 heavy (non-hydrogen) atoms. The third-order valence-corrected chi connectivity index (χ3v) is 4.60. The third kappa shape index (κ3) is 4.27. The topological polar surface area (TPSA) is 85.5 Å². The first kappa shape index (κ1) is 20.4. The lowest BCUT2D eigenvalue weighted by molar-refractivity contribution is 0.0468. The first-order valence-electron chi connectivity index (χ1n) is 8.81. The van der Waals surface area contributed by atoms with Crippen LogP contribution in [0.1, 0.15) is 66.1 Å². The van der Waals surface area contributed by atoms with Crippen LogP contribution in [0.25, 0.3) is 0 Å². The summed E-state index contributed by atoms with van der Waals surface area (Å²) in [5.74, 6) is -1.44. The Bertz CT molecular complexity index is 908. The highest BCUT2D eigenvalue weighted by molar-refractivity contribution is 6.02.